The van der Waals surface area contributed by atoms with Crippen molar-refractivity contribution in [3.05, 3.63) is 0 Å². The molecule has 6 nitrogen and oxygen atoms in total. The van der Waals surface area contributed by atoms with E-state index in [0.717, 1.165) is 19.3 Å². The Bertz CT molecular complexity index is 499. The predicted octanol–water partition coefficient (Wildman–Crippen LogP) is 4.82. The minimum atomic E-state index is -1.25. The van der Waals surface area contributed by atoms with Crippen molar-refractivity contribution in [3.8, 4) is 0 Å². The number of esters is 1. The monoisotopic (exact) mass is 440 g/mol. The highest BCUT2D eigenvalue weighted by Crippen LogP contribution is 2.14. The summed E-state index contributed by atoms with van der Waals surface area (Å²) < 4.78 is 5.29. The molecule has 0 aliphatic heterocycles. The normalized spacial score (nSPS) is 12.4. The SMILES string of the molecule is CCCCCCCCCCCCCCCC(=O)NC(CCC(=O)[O-])C(=O)OC(C)(C)C. The molecule has 0 spiro atoms. The zero-order valence-electron chi connectivity index (χ0n) is 20.4. The minimum absolute atomic E-state index is 0.0262. The molecule has 0 heterocycles. The van der Waals surface area contributed by atoms with E-state index >= 15 is 0 Å². The largest absolute Gasteiger partial charge is 0.550 e. The highest BCUT2D eigenvalue weighted by Gasteiger charge is 2.26. The summed E-state index contributed by atoms with van der Waals surface area (Å²) >= 11 is 0. The van der Waals surface area contributed by atoms with Gasteiger partial charge < -0.3 is 20.0 Å². The molecule has 0 fully saturated rings. The summed E-state index contributed by atoms with van der Waals surface area (Å²) in [4.78, 5) is 35.2. The van der Waals surface area contributed by atoms with Gasteiger partial charge in [0.1, 0.15) is 11.6 Å². The molecule has 0 aliphatic rings. The molecule has 1 atom stereocenters. The number of unbranched alkanes of at least 4 members (excludes halogenated alkanes) is 12. The van der Waals surface area contributed by atoms with Gasteiger partial charge in [-0.2, -0.15) is 0 Å². The van der Waals surface area contributed by atoms with E-state index in [1.165, 1.54) is 64.2 Å². The third-order valence-corrected chi connectivity index (χ3v) is 5.17. The van der Waals surface area contributed by atoms with E-state index in [1.807, 2.05) is 0 Å². The molecule has 0 aromatic heterocycles. The summed E-state index contributed by atoms with van der Waals surface area (Å²) in [5.41, 5.74) is -0.698. The molecular formula is C25H46NO5-. The van der Waals surface area contributed by atoms with Gasteiger partial charge in [0.25, 0.3) is 0 Å². The number of rotatable bonds is 19. The standard InChI is InChI=1S/C25H47NO5/c1-5-6-7-8-9-10-11-12-13-14-15-16-17-18-22(27)26-21(19-20-23(28)29)24(30)31-25(2,3)4/h21H,5-20H2,1-4H3,(H,26,27)(H,28,29)/p-1. The third kappa shape index (κ3) is 20.1. The van der Waals surface area contributed by atoms with Crippen LogP contribution in [0.5, 0.6) is 0 Å². The maximum absolute atomic E-state index is 12.2. The van der Waals surface area contributed by atoms with Crippen LogP contribution in [0.25, 0.3) is 0 Å². The van der Waals surface area contributed by atoms with Crippen molar-refractivity contribution in [2.75, 3.05) is 0 Å². The van der Waals surface area contributed by atoms with Gasteiger partial charge in [-0.3, -0.25) is 4.79 Å². The molecule has 0 radical (unpaired) electrons. The topological polar surface area (TPSA) is 95.5 Å². The average molecular weight is 441 g/mol. The van der Waals surface area contributed by atoms with Gasteiger partial charge in [0.2, 0.25) is 5.91 Å². The maximum Gasteiger partial charge on any atom is 0.329 e. The molecule has 0 rings (SSSR count). The highest BCUT2D eigenvalue weighted by atomic mass is 16.6. The fourth-order valence-electron chi connectivity index (χ4n) is 3.45. The molecule has 0 aliphatic carbocycles. The van der Waals surface area contributed by atoms with Crippen LogP contribution in [0, 0.1) is 0 Å². The number of aliphatic carboxylic acids is 1. The van der Waals surface area contributed by atoms with Gasteiger partial charge in [0, 0.05) is 12.4 Å². The van der Waals surface area contributed by atoms with Crippen molar-refractivity contribution in [1.29, 1.82) is 0 Å². The molecule has 0 aromatic rings. The molecule has 6 heteroatoms. The van der Waals surface area contributed by atoms with Gasteiger partial charge in [-0.25, -0.2) is 4.79 Å². The smallest absolute Gasteiger partial charge is 0.329 e. The summed E-state index contributed by atoms with van der Waals surface area (Å²) in [7, 11) is 0. The van der Waals surface area contributed by atoms with Crippen LogP contribution in [0.2, 0.25) is 0 Å². The summed E-state index contributed by atoms with van der Waals surface area (Å²) in [5, 5.41) is 13.4. The molecule has 0 aromatic carbocycles. The Balaban J connectivity index is 3.89. The van der Waals surface area contributed by atoms with Gasteiger partial charge in [0.15, 0.2) is 0 Å². The first-order valence-corrected chi connectivity index (χ1v) is 12.4. The van der Waals surface area contributed by atoms with E-state index in [-0.39, 0.29) is 18.7 Å². The molecule has 1 unspecified atom stereocenters. The second-order valence-corrected chi connectivity index (χ2v) is 9.56. The predicted molar refractivity (Wildman–Crippen MR) is 122 cm³/mol. The Morgan fingerprint density at radius 2 is 1.23 bits per heavy atom. The molecule has 0 saturated heterocycles. The zero-order valence-corrected chi connectivity index (χ0v) is 20.4. The highest BCUT2D eigenvalue weighted by molar-refractivity contribution is 5.85. The van der Waals surface area contributed by atoms with Crippen molar-refractivity contribution >= 4 is 17.8 Å². The van der Waals surface area contributed by atoms with Crippen LogP contribution < -0.4 is 10.4 Å². The lowest BCUT2D eigenvalue weighted by Gasteiger charge is -2.24. The number of hydrogen-bond acceptors (Lipinski definition) is 5. The fraction of sp³-hybridized carbons (Fsp3) is 0.880. The Kier molecular flexibility index (Phi) is 17.1. The van der Waals surface area contributed by atoms with Gasteiger partial charge >= 0.3 is 5.97 Å². The number of ether oxygens (including phenoxy) is 1. The Labute approximate surface area is 189 Å². The number of amides is 1. The van der Waals surface area contributed by atoms with E-state index in [9.17, 15) is 19.5 Å². The Morgan fingerprint density at radius 3 is 1.65 bits per heavy atom. The van der Waals surface area contributed by atoms with E-state index in [0.29, 0.717) is 6.42 Å². The second kappa shape index (κ2) is 18.0. The van der Waals surface area contributed by atoms with Gasteiger partial charge in [-0.1, -0.05) is 84.0 Å². The third-order valence-electron chi connectivity index (χ3n) is 5.17. The number of carbonyl (C=O) groups excluding carboxylic acids is 3. The van der Waals surface area contributed by atoms with Crippen LogP contribution in [0.15, 0.2) is 0 Å². The second-order valence-electron chi connectivity index (χ2n) is 9.56. The van der Waals surface area contributed by atoms with Crippen LogP contribution in [0.1, 0.15) is 130 Å². The number of carboxylic acids is 1. The zero-order chi connectivity index (χ0) is 23.5. The number of carbonyl (C=O) groups is 3. The summed E-state index contributed by atoms with van der Waals surface area (Å²) in [6.07, 6.45) is 16.1. The Hall–Kier alpha value is -1.59. The van der Waals surface area contributed by atoms with Crippen molar-refractivity contribution in [2.24, 2.45) is 0 Å². The number of nitrogens with one attached hydrogen (secondary N) is 1. The average Bonchev–Trinajstić information content (AvgIpc) is 2.67. The van der Waals surface area contributed by atoms with Crippen LogP contribution in [0.4, 0.5) is 0 Å². The van der Waals surface area contributed by atoms with Gasteiger partial charge in [-0.15, -0.1) is 0 Å². The first-order valence-electron chi connectivity index (χ1n) is 12.4. The van der Waals surface area contributed by atoms with Gasteiger partial charge in [-0.05, 0) is 40.0 Å². The molecule has 1 amide bonds. The van der Waals surface area contributed by atoms with E-state index in [1.54, 1.807) is 20.8 Å². The fourth-order valence-corrected chi connectivity index (χ4v) is 3.45. The maximum atomic E-state index is 12.2. The van der Waals surface area contributed by atoms with Crippen LogP contribution in [-0.4, -0.2) is 29.5 Å². The van der Waals surface area contributed by atoms with Gasteiger partial charge in [0.05, 0.1) is 0 Å². The van der Waals surface area contributed by atoms with Crippen LogP contribution in [-0.2, 0) is 19.1 Å². The molecule has 31 heavy (non-hydrogen) atoms. The first kappa shape index (κ1) is 29.4. The van der Waals surface area contributed by atoms with Crippen molar-refractivity contribution in [3.63, 3.8) is 0 Å². The number of carboxylic acid groups (broad SMARTS) is 1. The van der Waals surface area contributed by atoms with Crippen LogP contribution >= 0.6 is 0 Å². The van der Waals surface area contributed by atoms with Crippen molar-refractivity contribution < 1.29 is 24.2 Å². The number of hydrogen-bond donors (Lipinski definition) is 1. The summed E-state index contributed by atoms with van der Waals surface area (Å²) in [5.74, 6) is -2.09. The minimum Gasteiger partial charge on any atom is -0.550 e. The van der Waals surface area contributed by atoms with Crippen LogP contribution in [0.3, 0.4) is 0 Å². The lowest BCUT2D eigenvalue weighted by molar-refractivity contribution is -0.305. The van der Waals surface area contributed by atoms with Crippen molar-refractivity contribution in [2.45, 2.75) is 142 Å². The van der Waals surface area contributed by atoms with E-state index in [2.05, 4.69) is 12.2 Å². The summed E-state index contributed by atoms with van der Waals surface area (Å²) in [6, 6.07) is -0.952. The molecule has 0 saturated carbocycles. The summed E-state index contributed by atoms with van der Waals surface area (Å²) in [6.45, 7) is 7.44. The van der Waals surface area contributed by atoms with E-state index in [4.69, 9.17) is 4.74 Å². The quantitative estimate of drug-likeness (QED) is 0.229. The lowest BCUT2D eigenvalue weighted by atomic mass is 10.0. The molecular weight excluding hydrogens is 394 g/mol. The van der Waals surface area contributed by atoms with Crippen molar-refractivity contribution in [1.82, 2.24) is 5.32 Å². The molecule has 0 bridgehead atoms. The molecule has 1 N–H and O–H groups in total. The Morgan fingerprint density at radius 1 is 0.774 bits per heavy atom. The molecule has 182 valence electrons. The first-order chi connectivity index (χ1) is 14.7. The van der Waals surface area contributed by atoms with E-state index < -0.39 is 23.6 Å². The lowest BCUT2D eigenvalue weighted by Crippen LogP contribution is -2.44.